The first kappa shape index (κ1) is 12.9. The van der Waals surface area contributed by atoms with Gasteiger partial charge < -0.3 is 14.4 Å². The molecule has 5 nitrogen and oxygen atoms in total. The molecule has 0 spiro atoms. The molecule has 0 aliphatic carbocycles. The minimum atomic E-state index is -1.12. The Hall–Kier alpha value is -2.56. The Balaban J connectivity index is 2.21. The van der Waals surface area contributed by atoms with Gasteiger partial charge in [-0.05, 0) is 24.6 Å². The van der Waals surface area contributed by atoms with Gasteiger partial charge in [0.15, 0.2) is 11.5 Å². The lowest BCUT2D eigenvalue weighted by Crippen LogP contribution is -1.97. The van der Waals surface area contributed by atoms with Gasteiger partial charge in [0.05, 0.1) is 0 Å². The molecule has 1 aromatic heterocycles. The highest BCUT2D eigenvalue weighted by Gasteiger charge is 2.12. The van der Waals surface area contributed by atoms with Gasteiger partial charge in [0, 0.05) is 11.6 Å². The van der Waals surface area contributed by atoms with E-state index in [9.17, 15) is 4.79 Å². The number of hydrogen-bond donors (Lipinski definition) is 1. The second kappa shape index (κ2) is 5.39. The van der Waals surface area contributed by atoms with Crippen molar-refractivity contribution in [2.45, 2.75) is 6.92 Å². The first-order valence-corrected chi connectivity index (χ1v) is 5.64. The summed E-state index contributed by atoms with van der Waals surface area (Å²) in [6.45, 7) is 6.06. The normalized spacial score (nSPS) is 10.2. The molecule has 0 saturated carbocycles. The number of aromatic nitrogens is 1. The molecule has 19 heavy (non-hydrogen) atoms. The van der Waals surface area contributed by atoms with Crippen molar-refractivity contribution in [1.82, 2.24) is 5.16 Å². The fraction of sp³-hybridized carbons (Fsp3) is 0.143. The molecule has 0 saturated heterocycles. The number of carbonyl (C=O) groups is 1. The standard InChI is InChI=1S/C14H13NO4/c1-9(2)8-18-11-5-3-4-10(6-11)13-7-12(14(16)17)15-19-13/h3-7H,1,8H2,2H3,(H,16,17). The molecule has 0 atom stereocenters. The van der Waals surface area contributed by atoms with Crippen LogP contribution >= 0.6 is 0 Å². The lowest BCUT2D eigenvalue weighted by atomic mass is 10.1. The van der Waals surface area contributed by atoms with Gasteiger partial charge in [-0.2, -0.15) is 0 Å². The van der Waals surface area contributed by atoms with E-state index in [0.29, 0.717) is 23.7 Å². The predicted octanol–water partition coefficient (Wildman–Crippen LogP) is 2.99. The molecule has 0 aliphatic rings. The SMILES string of the molecule is C=C(C)COc1cccc(-c2cc(C(=O)O)no2)c1. The summed E-state index contributed by atoms with van der Waals surface area (Å²) in [6, 6.07) is 8.53. The second-order valence-corrected chi connectivity index (χ2v) is 4.16. The van der Waals surface area contributed by atoms with Crippen LogP contribution in [0.5, 0.6) is 5.75 Å². The van der Waals surface area contributed by atoms with Gasteiger partial charge in [-0.25, -0.2) is 4.79 Å². The van der Waals surface area contributed by atoms with E-state index in [1.165, 1.54) is 6.07 Å². The highest BCUT2D eigenvalue weighted by Crippen LogP contribution is 2.24. The lowest BCUT2D eigenvalue weighted by Gasteiger charge is -2.06. The molecule has 5 heteroatoms. The van der Waals surface area contributed by atoms with E-state index in [2.05, 4.69) is 11.7 Å². The molecule has 0 fully saturated rings. The summed E-state index contributed by atoms with van der Waals surface area (Å²) in [5.74, 6) is -0.0726. The van der Waals surface area contributed by atoms with Crippen molar-refractivity contribution in [3.05, 3.63) is 48.2 Å². The van der Waals surface area contributed by atoms with Gasteiger partial charge in [-0.1, -0.05) is 23.9 Å². The molecular formula is C14H13NO4. The van der Waals surface area contributed by atoms with Crippen LogP contribution in [0.15, 0.2) is 47.0 Å². The molecule has 0 unspecified atom stereocenters. The predicted molar refractivity (Wildman–Crippen MR) is 69.2 cm³/mol. The summed E-state index contributed by atoms with van der Waals surface area (Å²) in [4.78, 5) is 10.7. The number of benzene rings is 1. The van der Waals surface area contributed by atoms with Gasteiger partial charge >= 0.3 is 5.97 Å². The van der Waals surface area contributed by atoms with Gasteiger partial charge in [-0.15, -0.1) is 0 Å². The van der Waals surface area contributed by atoms with Crippen LogP contribution in [-0.2, 0) is 0 Å². The number of nitrogens with zero attached hydrogens (tertiary/aromatic N) is 1. The van der Waals surface area contributed by atoms with Crippen molar-refractivity contribution in [3.8, 4) is 17.1 Å². The molecule has 0 radical (unpaired) electrons. The highest BCUT2D eigenvalue weighted by atomic mass is 16.5. The van der Waals surface area contributed by atoms with Crippen molar-refractivity contribution in [1.29, 1.82) is 0 Å². The zero-order valence-electron chi connectivity index (χ0n) is 10.4. The van der Waals surface area contributed by atoms with Gasteiger partial charge in [0.25, 0.3) is 0 Å². The van der Waals surface area contributed by atoms with Crippen LogP contribution in [0.25, 0.3) is 11.3 Å². The summed E-state index contributed by atoms with van der Waals surface area (Å²) >= 11 is 0. The lowest BCUT2D eigenvalue weighted by molar-refractivity contribution is 0.0686. The van der Waals surface area contributed by atoms with Gasteiger partial charge in [-0.3, -0.25) is 0 Å². The molecule has 1 N–H and O–H groups in total. The topological polar surface area (TPSA) is 72.6 Å². The van der Waals surface area contributed by atoms with E-state index < -0.39 is 5.97 Å². The molecule has 0 bridgehead atoms. The van der Waals surface area contributed by atoms with E-state index in [-0.39, 0.29) is 5.69 Å². The second-order valence-electron chi connectivity index (χ2n) is 4.16. The Kier molecular flexibility index (Phi) is 3.66. The maximum absolute atomic E-state index is 10.7. The van der Waals surface area contributed by atoms with Crippen LogP contribution in [0.3, 0.4) is 0 Å². The third-order valence-corrected chi connectivity index (χ3v) is 2.33. The number of ether oxygens (including phenoxy) is 1. The maximum atomic E-state index is 10.7. The number of hydrogen-bond acceptors (Lipinski definition) is 4. The largest absolute Gasteiger partial charge is 0.489 e. The Bertz CT molecular complexity index is 615. The smallest absolute Gasteiger partial charge is 0.358 e. The summed E-state index contributed by atoms with van der Waals surface area (Å²) in [7, 11) is 0. The molecule has 0 amide bonds. The van der Waals surface area contributed by atoms with Crippen molar-refractivity contribution < 1.29 is 19.2 Å². The summed E-state index contributed by atoms with van der Waals surface area (Å²) in [5, 5.41) is 12.3. The molecular weight excluding hydrogens is 246 g/mol. The van der Waals surface area contributed by atoms with E-state index in [0.717, 1.165) is 5.57 Å². The van der Waals surface area contributed by atoms with Crippen molar-refractivity contribution in [2.24, 2.45) is 0 Å². The zero-order chi connectivity index (χ0) is 13.8. The molecule has 1 heterocycles. The molecule has 1 aromatic carbocycles. The Morgan fingerprint density at radius 3 is 2.89 bits per heavy atom. The van der Waals surface area contributed by atoms with E-state index in [4.69, 9.17) is 14.4 Å². The first-order chi connectivity index (χ1) is 9.06. The summed E-state index contributed by atoms with van der Waals surface area (Å²) in [5.41, 5.74) is 1.50. The molecule has 2 aromatic rings. The summed E-state index contributed by atoms with van der Waals surface area (Å²) < 4.78 is 10.5. The van der Waals surface area contributed by atoms with E-state index >= 15 is 0 Å². The van der Waals surface area contributed by atoms with Crippen LogP contribution in [-0.4, -0.2) is 22.8 Å². The third-order valence-electron chi connectivity index (χ3n) is 2.33. The minimum Gasteiger partial charge on any atom is -0.489 e. The number of carboxylic acid groups (broad SMARTS) is 1. The Labute approximate surface area is 110 Å². The van der Waals surface area contributed by atoms with E-state index in [1.54, 1.807) is 24.3 Å². The average molecular weight is 259 g/mol. The molecule has 98 valence electrons. The monoisotopic (exact) mass is 259 g/mol. The number of carboxylic acids is 1. The van der Waals surface area contributed by atoms with Crippen molar-refractivity contribution >= 4 is 5.97 Å². The fourth-order valence-corrected chi connectivity index (χ4v) is 1.46. The quantitative estimate of drug-likeness (QED) is 0.835. The minimum absolute atomic E-state index is 0.122. The van der Waals surface area contributed by atoms with Crippen LogP contribution in [0.1, 0.15) is 17.4 Å². The zero-order valence-corrected chi connectivity index (χ0v) is 10.4. The van der Waals surface area contributed by atoms with Crippen molar-refractivity contribution in [2.75, 3.05) is 6.61 Å². The number of rotatable bonds is 5. The van der Waals surface area contributed by atoms with Crippen LogP contribution in [0.2, 0.25) is 0 Å². The summed E-state index contributed by atoms with van der Waals surface area (Å²) in [6.07, 6.45) is 0. The Morgan fingerprint density at radius 2 is 2.26 bits per heavy atom. The molecule has 0 aliphatic heterocycles. The van der Waals surface area contributed by atoms with Crippen LogP contribution < -0.4 is 4.74 Å². The Morgan fingerprint density at radius 1 is 1.47 bits per heavy atom. The van der Waals surface area contributed by atoms with Gasteiger partial charge in [0.2, 0.25) is 0 Å². The first-order valence-electron chi connectivity index (χ1n) is 5.64. The number of aromatic carboxylic acids is 1. The average Bonchev–Trinajstić information content (AvgIpc) is 2.86. The van der Waals surface area contributed by atoms with Crippen LogP contribution in [0.4, 0.5) is 0 Å². The third kappa shape index (κ3) is 3.22. The van der Waals surface area contributed by atoms with Crippen LogP contribution in [0, 0.1) is 0 Å². The van der Waals surface area contributed by atoms with Gasteiger partial charge in [0.1, 0.15) is 12.4 Å². The highest BCUT2D eigenvalue weighted by molar-refractivity contribution is 5.86. The fourth-order valence-electron chi connectivity index (χ4n) is 1.46. The maximum Gasteiger partial charge on any atom is 0.358 e. The van der Waals surface area contributed by atoms with E-state index in [1.807, 2.05) is 6.92 Å². The molecule has 2 rings (SSSR count). The van der Waals surface area contributed by atoms with Crippen molar-refractivity contribution in [3.63, 3.8) is 0 Å².